The zero-order valence-corrected chi connectivity index (χ0v) is 19.4. The van der Waals surface area contributed by atoms with Crippen LogP contribution in [0.25, 0.3) is 0 Å². The van der Waals surface area contributed by atoms with Crippen LogP contribution in [0.15, 0.2) is 48.5 Å². The fraction of sp³-hybridized carbons (Fsp3) is 0.417. The standard InChI is InChI=1S/C24H30IO4/c1-3-5-7-17-28-23(26)19-9-13-21(14-10-19)25-22-15-11-20(12-16-22)24(27)29-18-8-6-4-2/h9-16H,3-8,17-18H2,1-2H3/q-1. The van der Waals surface area contributed by atoms with Crippen LogP contribution in [0.3, 0.4) is 0 Å². The third kappa shape index (κ3) is 8.56. The minimum absolute atomic E-state index is 0.257. The summed E-state index contributed by atoms with van der Waals surface area (Å²) >= 11 is -0.374. The summed E-state index contributed by atoms with van der Waals surface area (Å²) in [7, 11) is 0. The van der Waals surface area contributed by atoms with Crippen molar-refractivity contribution in [1.29, 1.82) is 0 Å². The van der Waals surface area contributed by atoms with Crippen LogP contribution in [0.1, 0.15) is 73.1 Å². The molecule has 0 fully saturated rings. The zero-order valence-electron chi connectivity index (χ0n) is 17.3. The molecule has 0 saturated carbocycles. The first-order valence-electron chi connectivity index (χ1n) is 10.3. The van der Waals surface area contributed by atoms with Crippen LogP contribution in [0, 0.1) is 7.14 Å². The third-order valence-corrected chi connectivity index (χ3v) is 7.02. The zero-order chi connectivity index (χ0) is 20.9. The van der Waals surface area contributed by atoms with Gasteiger partial charge in [-0.2, -0.15) is 0 Å². The second kappa shape index (κ2) is 13.4. The van der Waals surface area contributed by atoms with Gasteiger partial charge in [0.2, 0.25) is 0 Å². The average Bonchev–Trinajstić information content (AvgIpc) is 2.75. The molecule has 2 aromatic carbocycles. The number of hydrogen-bond acceptors (Lipinski definition) is 4. The van der Waals surface area contributed by atoms with Gasteiger partial charge in [-0.3, -0.25) is 0 Å². The molecule has 0 atom stereocenters. The van der Waals surface area contributed by atoms with Gasteiger partial charge >= 0.3 is 185 Å². The molecule has 0 aliphatic rings. The molecule has 2 aromatic rings. The average molecular weight is 509 g/mol. The summed E-state index contributed by atoms with van der Waals surface area (Å²) < 4.78 is 13.0. The molecule has 0 saturated heterocycles. The van der Waals surface area contributed by atoms with E-state index in [1.807, 2.05) is 48.5 Å². The van der Waals surface area contributed by atoms with Crippen LogP contribution in [0.4, 0.5) is 0 Å². The first-order chi connectivity index (χ1) is 14.1. The molecule has 0 aliphatic heterocycles. The molecule has 0 amide bonds. The van der Waals surface area contributed by atoms with Crippen molar-refractivity contribution in [3.8, 4) is 0 Å². The van der Waals surface area contributed by atoms with Crippen LogP contribution in [0.2, 0.25) is 0 Å². The molecular weight excluding hydrogens is 479 g/mol. The Morgan fingerprint density at radius 2 is 1.03 bits per heavy atom. The predicted molar refractivity (Wildman–Crippen MR) is 110 cm³/mol. The van der Waals surface area contributed by atoms with Gasteiger partial charge in [0.1, 0.15) is 0 Å². The van der Waals surface area contributed by atoms with Crippen molar-refractivity contribution in [2.45, 2.75) is 52.4 Å². The van der Waals surface area contributed by atoms with Crippen molar-refractivity contribution < 1.29 is 40.3 Å². The van der Waals surface area contributed by atoms with Gasteiger partial charge in [-0.15, -0.1) is 0 Å². The second-order valence-corrected chi connectivity index (χ2v) is 9.82. The van der Waals surface area contributed by atoms with E-state index in [0.717, 1.165) is 38.5 Å². The van der Waals surface area contributed by atoms with E-state index in [1.54, 1.807) is 0 Å². The van der Waals surface area contributed by atoms with E-state index < -0.39 is 0 Å². The molecule has 5 heteroatoms. The van der Waals surface area contributed by atoms with Crippen LogP contribution >= 0.6 is 0 Å². The summed E-state index contributed by atoms with van der Waals surface area (Å²) in [5, 5.41) is 0. The van der Waals surface area contributed by atoms with E-state index in [0.29, 0.717) is 24.3 Å². The molecule has 0 N–H and O–H groups in total. The molecule has 2 rings (SSSR count). The van der Waals surface area contributed by atoms with Gasteiger partial charge in [-0.05, 0) is 0 Å². The number of esters is 2. The summed E-state index contributed by atoms with van der Waals surface area (Å²) in [5.74, 6) is -0.514. The topological polar surface area (TPSA) is 52.6 Å². The molecule has 0 aliphatic carbocycles. The Morgan fingerprint density at radius 1 is 0.655 bits per heavy atom. The quantitative estimate of drug-likeness (QED) is 0.251. The number of rotatable bonds is 12. The van der Waals surface area contributed by atoms with E-state index >= 15 is 0 Å². The van der Waals surface area contributed by atoms with E-state index in [1.165, 1.54) is 7.14 Å². The molecular formula is C24H30IO4-. The van der Waals surface area contributed by atoms with Gasteiger partial charge in [0.15, 0.2) is 0 Å². The molecule has 0 aromatic heterocycles. The van der Waals surface area contributed by atoms with Gasteiger partial charge in [-0.25, -0.2) is 0 Å². The van der Waals surface area contributed by atoms with Crippen molar-refractivity contribution in [2.75, 3.05) is 13.2 Å². The summed E-state index contributed by atoms with van der Waals surface area (Å²) in [5.41, 5.74) is 1.19. The van der Waals surface area contributed by atoms with Crippen molar-refractivity contribution in [3.63, 3.8) is 0 Å². The Hall–Kier alpha value is -1.89. The number of carbonyl (C=O) groups is 2. The SMILES string of the molecule is CCCCCOC(=O)c1ccc([I-]c2ccc(C(=O)OCCCCC)cc2)cc1. The van der Waals surface area contributed by atoms with Crippen LogP contribution < -0.4 is 21.2 Å². The minimum atomic E-state index is -0.374. The summed E-state index contributed by atoms with van der Waals surface area (Å²) in [6.45, 7) is 5.21. The van der Waals surface area contributed by atoms with Gasteiger partial charge in [0.05, 0.1) is 0 Å². The Balaban J connectivity index is 1.83. The number of carbonyl (C=O) groups excluding carboxylic acids is 2. The monoisotopic (exact) mass is 509 g/mol. The summed E-state index contributed by atoms with van der Waals surface area (Å²) in [4.78, 5) is 24.1. The van der Waals surface area contributed by atoms with Crippen molar-refractivity contribution >= 4 is 11.9 Å². The molecule has 0 radical (unpaired) electrons. The molecule has 158 valence electrons. The Kier molecular flexibility index (Phi) is 10.8. The van der Waals surface area contributed by atoms with E-state index in [2.05, 4.69) is 13.8 Å². The number of halogens is 1. The maximum atomic E-state index is 12.0. The van der Waals surface area contributed by atoms with Gasteiger partial charge < -0.3 is 0 Å². The number of unbranched alkanes of at least 4 members (excludes halogenated alkanes) is 4. The van der Waals surface area contributed by atoms with Crippen LogP contribution in [0.5, 0.6) is 0 Å². The van der Waals surface area contributed by atoms with Crippen molar-refractivity contribution in [2.24, 2.45) is 0 Å². The molecule has 0 heterocycles. The first kappa shape index (κ1) is 23.4. The molecule has 29 heavy (non-hydrogen) atoms. The Morgan fingerprint density at radius 3 is 1.38 bits per heavy atom. The van der Waals surface area contributed by atoms with E-state index in [4.69, 9.17) is 9.47 Å². The number of hydrogen-bond donors (Lipinski definition) is 0. The Labute approximate surface area is 184 Å². The third-order valence-electron chi connectivity index (χ3n) is 4.34. The molecule has 0 bridgehead atoms. The first-order valence-corrected chi connectivity index (χ1v) is 12.5. The van der Waals surface area contributed by atoms with Gasteiger partial charge in [-0.1, -0.05) is 0 Å². The van der Waals surface area contributed by atoms with Crippen molar-refractivity contribution in [3.05, 3.63) is 66.8 Å². The van der Waals surface area contributed by atoms with E-state index in [9.17, 15) is 9.59 Å². The normalized spacial score (nSPS) is 10.7. The fourth-order valence-corrected chi connectivity index (χ4v) is 4.78. The van der Waals surface area contributed by atoms with Crippen LogP contribution in [-0.2, 0) is 9.47 Å². The number of ether oxygens (including phenoxy) is 2. The second-order valence-electron chi connectivity index (χ2n) is 6.79. The Bertz CT molecular complexity index is 688. The maximum absolute atomic E-state index is 12.0. The number of benzene rings is 2. The molecule has 0 spiro atoms. The van der Waals surface area contributed by atoms with Gasteiger partial charge in [0.25, 0.3) is 0 Å². The summed E-state index contributed by atoms with van der Waals surface area (Å²) in [6, 6.07) is 15.3. The van der Waals surface area contributed by atoms with Crippen molar-refractivity contribution in [1.82, 2.24) is 0 Å². The molecule has 4 nitrogen and oxygen atoms in total. The fourth-order valence-electron chi connectivity index (χ4n) is 2.62. The van der Waals surface area contributed by atoms with Crippen LogP contribution in [-0.4, -0.2) is 25.2 Å². The summed E-state index contributed by atoms with van der Waals surface area (Å²) in [6.07, 6.45) is 6.19. The predicted octanol–water partition coefficient (Wildman–Crippen LogP) is 2.51. The van der Waals surface area contributed by atoms with E-state index in [-0.39, 0.29) is 33.1 Å². The molecule has 0 unspecified atom stereocenters. The van der Waals surface area contributed by atoms with Gasteiger partial charge in [0, 0.05) is 0 Å².